The normalized spacial score (nSPS) is 18.5. The maximum atomic E-state index is 14.0. The van der Waals surface area contributed by atoms with E-state index < -0.39 is 35.4 Å². The lowest BCUT2D eigenvalue weighted by Gasteiger charge is -2.42. The monoisotopic (exact) mass is 540 g/mol. The van der Waals surface area contributed by atoms with Gasteiger partial charge in [0, 0.05) is 29.7 Å². The second-order valence-corrected chi connectivity index (χ2v) is 11.1. The van der Waals surface area contributed by atoms with E-state index in [2.05, 4.69) is 15.2 Å². The quantitative estimate of drug-likeness (QED) is 0.555. The van der Waals surface area contributed by atoms with E-state index in [1.165, 1.54) is 18.2 Å². The first kappa shape index (κ1) is 27.1. The first-order chi connectivity index (χ1) is 17.2. The van der Waals surface area contributed by atoms with Gasteiger partial charge in [-0.3, -0.25) is 9.48 Å². The van der Waals surface area contributed by atoms with Crippen molar-refractivity contribution in [1.82, 2.24) is 14.7 Å². The lowest BCUT2D eigenvalue weighted by Crippen LogP contribution is -2.56. The SMILES string of the molecule is CC(C)(C)OC(=O)N1CCC(C(=O)Nc2ccc(Cl)cc2OC(F)F)(n2ncc3c2C(C)(C)OC3)CC1. The Kier molecular flexibility index (Phi) is 7.15. The second-order valence-electron chi connectivity index (χ2n) is 10.7. The summed E-state index contributed by atoms with van der Waals surface area (Å²) in [6, 6.07) is 4.08. The summed E-state index contributed by atoms with van der Waals surface area (Å²) in [6.45, 7) is 6.84. The molecule has 1 N–H and O–H groups in total. The first-order valence-electron chi connectivity index (χ1n) is 12.0. The summed E-state index contributed by atoms with van der Waals surface area (Å²) in [7, 11) is 0. The molecule has 4 rings (SSSR count). The van der Waals surface area contributed by atoms with Crippen LogP contribution < -0.4 is 10.1 Å². The number of fused-ring (bicyclic) bond motifs is 1. The number of likely N-dealkylation sites (tertiary alicyclic amines) is 1. The van der Waals surface area contributed by atoms with Crippen molar-refractivity contribution in [2.24, 2.45) is 0 Å². The van der Waals surface area contributed by atoms with Crippen LogP contribution in [0.25, 0.3) is 0 Å². The molecule has 2 amide bonds. The highest BCUT2D eigenvalue weighted by atomic mass is 35.5. The number of nitrogens with zero attached hydrogens (tertiary/aromatic N) is 3. The number of rotatable bonds is 5. The van der Waals surface area contributed by atoms with Crippen molar-refractivity contribution in [3.63, 3.8) is 0 Å². The number of benzene rings is 1. The number of halogens is 3. The van der Waals surface area contributed by atoms with Crippen LogP contribution in [-0.4, -0.2) is 52.0 Å². The Balaban J connectivity index is 1.69. The Morgan fingerprint density at radius 3 is 2.51 bits per heavy atom. The van der Waals surface area contributed by atoms with Crippen LogP contribution in [0.1, 0.15) is 58.7 Å². The van der Waals surface area contributed by atoms with Gasteiger partial charge in [0.1, 0.15) is 16.7 Å². The van der Waals surface area contributed by atoms with Crippen LogP contribution in [0, 0.1) is 0 Å². The molecule has 1 aromatic heterocycles. The highest BCUT2D eigenvalue weighted by Crippen LogP contribution is 2.42. The van der Waals surface area contributed by atoms with Crippen molar-refractivity contribution in [3.8, 4) is 5.75 Å². The van der Waals surface area contributed by atoms with E-state index in [-0.39, 0.29) is 42.4 Å². The van der Waals surface area contributed by atoms with Crippen molar-refractivity contribution < 1.29 is 32.6 Å². The predicted molar refractivity (Wildman–Crippen MR) is 132 cm³/mol. The first-order valence-corrected chi connectivity index (χ1v) is 12.4. The number of hydrogen-bond donors (Lipinski definition) is 1. The summed E-state index contributed by atoms with van der Waals surface area (Å²) in [6.07, 6.45) is 1.62. The average molecular weight is 541 g/mol. The lowest BCUT2D eigenvalue weighted by molar-refractivity contribution is -0.128. The molecule has 1 fully saturated rings. The number of ether oxygens (including phenoxy) is 3. The largest absolute Gasteiger partial charge is 0.444 e. The van der Waals surface area contributed by atoms with Crippen LogP contribution in [0.15, 0.2) is 24.4 Å². The molecule has 1 saturated heterocycles. The summed E-state index contributed by atoms with van der Waals surface area (Å²) < 4.78 is 43.8. The summed E-state index contributed by atoms with van der Waals surface area (Å²) in [5, 5.41) is 7.50. The molecule has 1 aromatic carbocycles. The molecule has 9 nitrogen and oxygen atoms in total. The number of nitrogens with one attached hydrogen (secondary N) is 1. The third-order valence-corrected chi connectivity index (χ3v) is 6.72. The van der Waals surface area contributed by atoms with Gasteiger partial charge in [-0.05, 0) is 59.6 Å². The molecule has 2 aromatic rings. The fourth-order valence-corrected chi connectivity index (χ4v) is 4.90. The molecule has 0 radical (unpaired) electrons. The Hall–Kier alpha value is -2.92. The molecule has 0 bridgehead atoms. The van der Waals surface area contributed by atoms with Gasteiger partial charge in [0.25, 0.3) is 5.91 Å². The van der Waals surface area contributed by atoms with Crippen LogP contribution in [0.5, 0.6) is 5.75 Å². The Bertz CT molecular complexity index is 1190. The van der Waals surface area contributed by atoms with Crippen molar-refractivity contribution in [2.75, 3.05) is 18.4 Å². The zero-order valence-corrected chi connectivity index (χ0v) is 22.2. The standard InChI is InChI=1S/C25H31ClF2N4O5/c1-23(2,3)37-22(34)31-10-8-25(9-11-31,32-19-15(13-29-32)14-35-24(19,4)5)20(33)30-17-7-6-16(26)12-18(17)36-21(27)28/h6-7,12-13,21H,8-11,14H2,1-5H3,(H,30,33). The molecular formula is C25H31ClF2N4O5. The van der Waals surface area contributed by atoms with E-state index in [0.29, 0.717) is 6.61 Å². The Labute approximate surface area is 219 Å². The number of hydrogen-bond acceptors (Lipinski definition) is 6. The van der Waals surface area contributed by atoms with Gasteiger partial charge in [-0.25, -0.2) is 4.79 Å². The number of aromatic nitrogens is 2. The van der Waals surface area contributed by atoms with Gasteiger partial charge in [0.15, 0.2) is 5.75 Å². The van der Waals surface area contributed by atoms with E-state index in [4.69, 9.17) is 21.1 Å². The van der Waals surface area contributed by atoms with Gasteiger partial charge >= 0.3 is 12.7 Å². The molecule has 12 heteroatoms. The fourth-order valence-electron chi connectivity index (χ4n) is 4.73. The lowest BCUT2D eigenvalue weighted by atomic mass is 9.85. The summed E-state index contributed by atoms with van der Waals surface area (Å²) in [5.74, 6) is -0.738. The van der Waals surface area contributed by atoms with Gasteiger partial charge in [-0.15, -0.1) is 0 Å². The smallest absolute Gasteiger partial charge is 0.410 e. The molecule has 0 unspecified atom stereocenters. The van der Waals surface area contributed by atoms with Crippen molar-refractivity contribution >= 4 is 29.3 Å². The van der Waals surface area contributed by atoms with E-state index in [1.807, 2.05) is 13.8 Å². The second kappa shape index (κ2) is 9.75. The molecular weight excluding hydrogens is 510 g/mol. The van der Waals surface area contributed by atoms with Gasteiger partial charge in [-0.2, -0.15) is 13.9 Å². The van der Waals surface area contributed by atoms with Crippen LogP contribution in [0.2, 0.25) is 5.02 Å². The number of amides is 2. The van der Waals surface area contributed by atoms with Gasteiger partial charge in [0.05, 0.1) is 24.2 Å². The molecule has 3 heterocycles. The maximum absolute atomic E-state index is 14.0. The molecule has 37 heavy (non-hydrogen) atoms. The van der Waals surface area contributed by atoms with Crippen LogP contribution in [0.3, 0.4) is 0 Å². The summed E-state index contributed by atoms with van der Waals surface area (Å²) in [4.78, 5) is 28.3. The average Bonchev–Trinajstić information content (AvgIpc) is 3.35. The van der Waals surface area contributed by atoms with E-state index in [9.17, 15) is 18.4 Å². The zero-order valence-electron chi connectivity index (χ0n) is 21.4. The van der Waals surface area contributed by atoms with E-state index >= 15 is 0 Å². The van der Waals surface area contributed by atoms with E-state index in [1.54, 1.807) is 36.5 Å². The molecule has 0 atom stereocenters. The Morgan fingerprint density at radius 1 is 1.22 bits per heavy atom. The van der Waals surface area contributed by atoms with Gasteiger partial charge in [-0.1, -0.05) is 11.6 Å². The van der Waals surface area contributed by atoms with Crippen LogP contribution in [0.4, 0.5) is 19.3 Å². The van der Waals surface area contributed by atoms with Crippen LogP contribution in [-0.2, 0) is 32.0 Å². The minimum atomic E-state index is -3.10. The van der Waals surface area contributed by atoms with Crippen LogP contribution >= 0.6 is 11.6 Å². The van der Waals surface area contributed by atoms with Crippen molar-refractivity contribution in [1.29, 1.82) is 0 Å². The predicted octanol–water partition coefficient (Wildman–Crippen LogP) is 5.27. The molecule has 2 aliphatic heterocycles. The summed E-state index contributed by atoms with van der Waals surface area (Å²) in [5.41, 5.74) is -0.941. The van der Waals surface area contributed by atoms with Gasteiger partial charge < -0.3 is 24.4 Å². The van der Waals surface area contributed by atoms with E-state index in [0.717, 1.165) is 11.3 Å². The third-order valence-electron chi connectivity index (χ3n) is 6.48. The van der Waals surface area contributed by atoms with Crippen molar-refractivity contribution in [3.05, 3.63) is 40.7 Å². The van der Waals surface area contributed by atoms with Gasteiger partial charge in [0.2, 0.25) is 0 Å². The Morgan fingerprint density at radius 2 is 1.89 bits per heavy atom. The highest BCUT2D eigenvalue weighted by Gasteiger charge is 2.50. The number of anilines is 1. The molecule has 2 aliphatic rings. The van der Waals surface area contributed by atoms with Crippen molar-refractivity contribution in [2.45, 2.75) is 77.4 Å². The maximum Gasteiger partial charge on any atom is 0.410 e. The molecule has 0 spiro atoms. The fraction of sp³-hybridized carbons (Fsp3) is 0.560. The minimum absolute atomic E-state index is 0.0444. The third kappa shape index (κ3) is 5.52. The molecule has 0 aliphatic carbocycles. The molecule has 202 valence electrons. The topological polar surface area (TPSA) is 94.9 Å². The number of carbonyl (C=O) groups excluding carboxylic acids is 2. The summed E-state index contributed by atoms with van der Waals surface area (Å²) >= 11 is 5.97. The number of alkyl halides is 2. The zero-order chi connectivity index (χ0) is 27.2. The molecule has 0 saturated carbocycles. The highest BCUT2D eigenvalue weighted by molar-refractivity contribution is 6.30. The minimum Gasteiger partial charge on any atom is -0.444 e. The number of carbonyl (C=O) groups is 2. The number of piperidine rings is 1.